The fourth-order valence-electron chi connectivity index (χ4n) is 4.37. The summed E-state index contributed by atoms with van der Waals surface area (Å²) in [6.45, 7) is 2.09. The van der Waals surface area contributed by atoms with Gasteiger partial charge in [0, 0.05) is 47.5 Å². The topological polar surface area (TPSA) is 73.9 Å². The van der Waals surface area contributed by atoms with E-state index >= 15 is 0 Å². The van der Waals surface area contributed by atoms with Crippen molar-refractivity contribution in [2.45, 2.75) is 38.5 Å². The van der Waals surface area contributed by atoms with E-state index in [1.807, 2.05) is 36.4 Å². The third-order valence-electron chi connectivity index (χ3n) is 5.90. The molecule has 1 aromatic carbocycles. The molecule has 6 nitrogen and oxygen atoms in total. The van der Waals surface area contributed by atoms with Crippen LogP contribution in [0.4, 0.5) is 11.4 Å². The van der Waals surface area contributed by atoms with Crippen molar-refractivity contribution in [1.29, 1.82) is 0 Å². The van der Waals surface area contributed by atoms with Crippen LogP contribution in [-0.2, 0) is 12.8 Å². The molecule has 1 aliphatic heterocycles. The smallest absolute Gasteiger partial charge is 0.274 e. The number of rotatable bonds is 4. The number of carbonyl (C=O) groups is 1. The summed E-state index contributed by atoms with van der Waals surface area (Å²) in [5.74, 6) is -0.188. The SMILES string of the molecule is O=C(Nc1cccc(-c2n[nH]c3c2CCCC3)c1)c1cc(N2CCCC2)ccn1. The molecular formula is C23H25N5O. The van der Waals surface area contributed by atoms with Crippen molar-refractivity contribution in [2.75, 3.05) is 23.3 Å². The van der Waals surface area contributed by atoms with Gasteiger partial charge in [0.25, 0.3) is 5.91 Å². The standard InChI is InChI=1S/C23H25N5O/c29-23(21-15-18(10-11-24-21)28-12-3-4-13-28)25-17-7-5-6-16(14-17)22-19-8-1-2-9-20(19)26-27-22/h5-7,10-11,14-15H,1-4,8-9,12-13H2,(H,25,29)(H,26,27). The van der Waals surface area contributed by atoms with Crippen molar-refractivity contribution in [2.24, 2.45) is 0 Å². The van der Waals surface area contributed by atoms with Gasteiger partial charge in [-0.25, -0.2) is 0 Å². The van der Waals surface area contributed by atoms with Gasteiger partial charge < -0.3 is 10.2 Å². The lowest BCUT2D eigenvalue weighted by Gasteiger charge is -2.17. The third-order valence-corrected chi connectivity index (χ3v) is 5.90. The Morgan fingerprint density at radius 3 is 2.79 bits per heavy atom. The Morgan fingerprint density at radius 2 is 1.90 bits per heavy atom. The first kappa shape index (κ1) is 17.9. The van der Waals surface area contributed by atoms with Gasteiger partial charge in [-0.1, -0.05) is 12.1 Å². The van der Waals surface area contributed by atoms with E-state index in [4.69, 9.17) is 0 Å². The van der Waals surface area contributed by atoms with Crippen LogP contribution in [-0.4, -0.2) is 34.2 Å². The molecular weight excluding hydrogens is 362 g/mol. The molecule has 1 saturated heterocycles. The highest BCUT2D eigenvalue weighted by Gasteiger charge is 2.19. The highest BCUT2D eigenvalue weighted by atomic mass is 16.1. The summed E-state index contributed by atoms with van der Waals surface area (Å²) in [7, 11) is 0. The number of hydrogen-bond donors (Lipinski definition) is 2. The normalized spacial score (nSPS) is 15.9. The number of pyridine rings is 1. The molecule has 2 aliphatic rings. The lowest BCUT2D eigenvalue weighted by molar-refractivity contribution is 0.102. The van der Waals surface area contributed by atoms with Gasteiger partial charge in [0.15, 0.2) is 0 Å². The minimum absolute atomic E-state index is 0.188. The molecule has 2 N–H and O–H groups in total. The Hall–Kier alpha value is -3.15. The lowest BCUT2D eigenvalue weighted by Crippen LogP contribution is -2.19. The van der Waals surface area contributed by atoms with Crippen molar-refractivity contribution in [3.63, 3.8) is 0 Å². The highest BCUT2D eigenvalue weighted by Crippen LogP contribution is 2.30. The Balaban J connectivity index is 1.36. The monoisotopic (exact) mass is 387 g/mol. The maximum absolute atomic E-state index is 12.8. The Morgan fingerprint density at radius 1 is 1.03 bits per heavy atom. The van der Waals surface area contributed by atoms with Crippen LogP contribution in [0.1, 0.15) is 47.4 Å². The van der Waals surface area contributed by atoms with E-state index in [1.165, 1.54) is 36.9 Å². The molecule has 1 aliphatic carbocycles. The zero-order valence-electron chi connectivity index (χ0n) is 16.4. The zero-order valence-corrected chi connectivity index (χ0v) is 16.4. The van der Waals surface area contributed by atoms with Gasteiger partial charge >= 0.3 is 0 Å². The number of aromatic amines is 1. The predicted molar refractivity (Wildman–Crippen MR) is 114 cm³/mol. The number of nitrogens with zero attached hydrogens (tertiary/aromatic N) is 3. The number of amides is 1. The second kappa shape index (κ2) is 7.70. The number of hydrogen-bond acceptors (Lipinski definition) is 4. The Bertz CT molecular complexity index is 1040. The first-order valence-corrected chi connectivity index (χ1v) is 10.5. The van der Waals surface area contributed by atoms with Gasteiger partial charge in [0.2, 0.25) is 0 Å². The van der Waals surface area contributed by atoms with Crippen molar-refractivity contribution >= 4 is 17.3 Å². The number of carbonyl (C=O) groups excluding carboxylic acids is 1. The molecule has 0 radical (unpaired) electrons. The van der Waals surface area contributed by atoms with E-state index in [-0.39, 0.29) is 5.91 Å². The van der Waals surface area contributed by atoms with Crippen LogP contribution >= 0.6 is 0 Å². The first-order valence-electron chi connectivity index (χ1n) is 10.5. The first-order chi connectivity index (χ1) is 14.3. The van der Waals surface area contributed by atoms with Crippen molar-refractivity contribution in [1.82, 2.24) is 15.2 Å². The number of nitrogens with one attached hydrogen (secondary N) is 2. The Labute approximate surface area is 170 Å². The van der Waals surface area contributed by atoms with Crippen LogP contribution in [0.15, 0.2) is 42.6 Å². The third kappa shape index (κ3) is 3.62. The largest absolute Gasteiger partial charge is 0.371 e. The van der Waals surface area contributed by atoms with Crippen LogP contribution in [0.5, 0.6) is 0 Å². The second-order valence-corrected chi connectivity index (χ2v) is 7.86. The molecule has 2 aromatic heterocycles. The van der Waals surface area contributed by atoms with Gasteiger partial charge in [-0.05, 0) is 62.8 Å². The van der Waals surface area contributed by atoms with Crippen molar-refractivity contribution in [3.05, 3.63) is 59.5 Å². The summed E-state index contributed by atoms with van der Waals surface area (Å²) in [6.07, 6.45) is 8.67. The fraction of sp³-hybridized carbons (Fsp3) is 0.348. The molecule has 5 rings (SSSR count). The summed E-state index contributed by atoms with van der Waals surface area (Å²) in [6, 6.07) is 11.8. The summed E-state index contributed by atoms with van der Waals surface area (Å²) >= 11 is 0. The molecule has 0 bridgehead atoms. The van der Waals surface area contributed by atoms with Gasteiger partial charge in [0.05, 0.1) is 5.69 Å². The maximum atomic E-state index is 12.8. The minimum Gasteiger partial charge on any atom is -0.371 e. The number of aromatic nitrogens is 3. The predicted octanol–water partition coefficient (Wildman–Crippen LogP) is 4.20. The van der Waals surface area contributed by atoms with E-state index in [0.717, 1.165) is 48.6 Å². The quantitative estimate of drug-likeness (QED) is 0.703. The molecule has 0 spiro atoms. The molecule has 3 heterocycles. The molecule has 29 heavy (non-hydrogen) atoms. The van der Waals surface area contributed by atoms with E-state index in [9.17, 15) is 4.79 Å². The van der Waals surface area contributed by atoms with Crippen LogP contribution in [0.25, 0.3) is 11.3 Å². The van der Waals surface area contributed by atoms with E-state index in [2.05, 4.69) is 25.4 Å². The van der Waals surface area contributed by atoms with E-state index < -0.39 is 0 Å². The van der Waals surface area contributed by atoms with Crippen LogP contribution in [0.3, 0.4) is 0 Å². The van der Waals surface area contributed by atoms with Gasteiger partial charge in [-0.3, -0.25) is 14.9 Å². The van der Waals surface area contributed by atoms with Crippen LogP contribution < -0.4 is 10.2 Å². The van der Waals surface area contributed by atoms with Crippen molar-refractivity contribution < 1.29 is 4.79 Å². The van der Waals surface area contributed by atoms with Gasteiger partial charge in [-0.2, -0.15) is 5.10 Å². The van der Waals surface area contributed by atoms with Crippen molar-refractivity contribution in [3.8, 4) is 11.3 Å². The minimum atomic E-state index is -0.188. The fourth-order valence-corrected chi connectivity index (χ4v) is 4.37. The summed E-state index contributed by atoms with van der Waals surface area (Å²) < 4.78 is 0. The van der Waals surface area contributed by atoms with Crippen LogP contribution in [0, 0.1) is 0 Å². The molecule has 3 aromatic rings. The number of H-pyrrole nitrogens is 1. The molecule has 1 amide bonds. The molecule has 0 saturated carbocycles. The summed E-state index contributed by atoms with van der Waals surface area (Å²) in [4.78, 5) is 19.4. The second-order valence-electron chi connectivity index (χ2n) is 7.86. The summed E-state index contributed by atoms with van der Waals surface area (Å²) in [5.41, 5.74) is 6.87. The molecule has 0 unspecified atom stereocenters. The number of anilines is 2. The highest BCUT2D eigenvalue weighted by molar-refractivity contribution is 6.03. The average Bonchev–Trinajstić information content (AvgIpc) is 3.44. The summed E-state index contributed by atoms with van der Waals surface area (Å²) in [5, 5.41) is 10.7. The average molecular weight is 387 g/mol. The molecule has 1 fully saturated rings. The van der Waals surface area contributed by atoms with E-state index in [0.29, 0.717) is 5.69 Å². The zero-order chi connectivity index (χ0) is 19.6. The lowest BCUT2D eigenvalue weighted by atomic mass is 9.93. The molecule has 6 heteroatoms. The maximum Gasteiger partial charge on any atom is 0.274 e. The van der Waals surface area contributed by atoms with Gasteiger partial charge in [0.1, 0.15) is 5.69 Å². The number of fused-ring (bicyclic) bond motifs is 1. The number of benzene rings is 1. The number of aryl methyl sites for hydroxylation is 1. The molecule has 148 valence electrons. The van der Waals surface area contributed by atoms with Gasteiger partial charge in [-0.15, -0.1) is 0 Å². The van der Waals surface area contributed by atoms with E-state index in [1.54, 1.807) is 6.20 Å². The Kier molecular flexibility index (Phi) is 4.76. The van der Waals surface area contributed by atoms with Crippen LogP contribution in [0.2, 0.25) is 0 Å². The molecule has 0 atom stereocenters.